The molecule has 0 unspecified atom stereocenters. The summed E-state index contributed by atoms with van der Waals surface area (Å²) in [4.78, 5) is 11.5. The van der Waals surface area contributed by atoms with Crippen molar-refractivity contribution in [2.24, 2.45) is 17.3 Å². The lowest BCUT2D eigenvalue weighted by molar-refractivity contribution is -0.133. The van der Waals surface area contributed by atoms with Crippen LogP contribution >= 0.6 is 0 Å². The summed E-state index contributed by atoms with van der Waals surface area (Å²) >= 11 is 0. The number of carboxylic acid groups (broad SMARTS) is 1. The SMILES string of the molecule is CCC1=CC[C@H]2C/C(=C(\C(=O)O)C(C)(C)C)[C@@H]12. The van der Waals surface area contributed by atoms with Gasteiger partial charge in [0.1, 0.15) is 0 Å². The second-order valence-electron chi connectivity index (χ2n) is 6.27. The first-order valence-corrected chi connectivity index (χ1v) is 6.52. The molecule has 17 heavy (non-hydrogen) atoms. The van der Waals surface area contributed by atoms with Crippen molar-refractivity contribution in [1.29, 1.82) is 0 Å². The molecule has 2 atom stereocenters. The third-order valence-electron chi connectivity index (χ3n) is 4.10. The summed E-state index contributed by atoms with van der Waals surface area (Å²) < 4.78 is 0. The molecule has 0 spiro atoms. The van der Waals surface area contributed by atoms with Gasteiger partial charge >= 0.3 is 5.97 Å². The maximum Gasteiger partial charge on any atom is 0.332 e. The molecule has 2 nitrogen and oxygen atoms in total. The lowest BCUT2D eigenvalue weighted by Crippen LogP contribution is -2.33. The van der Waals surface area contributed by atoms with Gasteiger partial charge in [-0.1, -0.05) is 44.9 Å². The molecule has 0 radical (unpaired) electrons. The van der Waals surface area contributed by atoms with Gasteiger partial charge in [0.15, 0.2) is 0 Å². The molecular formula is C15H22O2. The Morgan fingerprint density at radius 1 is 1.47 bits per heavy atom. The lowest BCUT2D eigenvalue weighted by atomic mass is 9.63. The summed E-state index contributed by atoms with van der Waals surface area (Å²) in [5.41, 5.74) is 3.05. The Bertz CT molecular complexity index is 407. The van der Waals surface area contributed by atoms with Gasteiger partial charge in [0.25, 0.3) is 0 Å². The van der Waals surface area contributed by atoms with Gasteiger partial charge in [-0.15, -0.1) is 0 Å². The van der Waals surface area contributed by atoms with Crippen LogP contribution in [0.5, 0.6) is 0 Å². The molecule has 0 aromatic carbocycles. The topological polar surface area (TPSA) is 37.3 Å². The Morgan fingerprint density at radius 3 is 2.59 bits per heavy atom. The van der Waals surface area contributed by atoms with Crippen molar-refractivity contribution >= 4 is 5.97 Å². The van der Waals surface area contributed by atoms with Gasteiger partial charge in [0, 0.05) is 11.5 Å². The molecule has 1 N–H and O–H groups in total. The van der Waals surface area contributed by atoms with Crippen LogP contribution in [0.1, 0.15) is 47.0 Å². The fourth-order valence-electron chi connectivity index (χ4n) is 3.39. The third-order valence-corrected chi connectivity index (χ3v) is 4.10. The first-order chi connectivity index (χ1) is 7.86. The summed E-state index contributed by atoms with van der Waals surface area (Å²) in [7, 11) is 0. The van der Waals surface area contributed by atoms with E-state index in [0.29, 0.717) is 17.4 Å². The number of rotatable bonds is 2. The van der Waals surface area contributed by atoms with Crippen LogP contribution in [0.4, 0.5) is 0 Å². The Hall–Kier alpha value is -1.05. The largest absolute Gasteiger partial charge is 0.478 e. The highest BCUT2D eigenvalue weighted by atomic mass is 16.4. The number of fused-ring (bicyclic) bond motifs is 1. The molecule has 0 aromatic rings. The zero-order valence-electron chi connectivity index (χ0n) is 11.2. The number of carboxylic acids is 1. The van der Waals surface area contributed by atoms with E-state index >= 15 is 0 Å². The highest BCUT2D eigenvalue weighted by Crippen LogP contribution is 2.54. The summed E-state index contributed by atoms with van der Waals surface area (Å²) in [5, 5.41) is 9.45. The maximum absolute atomic E-state index is 11.5. The van der Waals surface area contributed by atoms with Gasteiger partial charge < -0.3 is 5.11 Å². The van der Waals surface area contributed by atoms with Gasteiger partial charge in [0.2, 0.25) is 0 Å². The monoisotopic (exact) mass is 234 g/mol. The number of hydrogen-bond donors (Lipinski definition) is 1. The van der Waals surface area contributed by atoms with Crippen LogP contribution in [0.25, 0.3) is 0 Å². The molecule has 0 amide bonds. The van der Waals surface area contributed by atoms with E-state index in [1.165, 1.54) is 11.1 Å². The molecule has 0 aromatic heterocycles. The minimum Gasteiger partial charge on any atom is -0.478 e. The van der Waals surface area contributed by atoms with Crippen LogP contribution in [0, 0.1) is 17.3 Å². The second-order valence-corrected chi connectivity index (χ2v) is 6.27. The minimum absolute atomic E-state index is 0.256. The van der Waals surface area contributed by atoms with Crippen LogP contribution in [0.15, 0.2) is 22.8 Å². The van der Waals surface area contributed by atoms with Crippen LogP contribution in [-0.2, 0) is 4.79 Å². The van der Waals surface area contributed by atoms with Gasteiger partial charge in [-0.25, -0.2) is 4.79 Å². The minimum atomic E-state index is -0.728. The molecule has 0 aliphatic heterocycles. The summed E-state index contributed by atoms with van der Waals surface area (Å²) in [6.45, 7) is 8.17. The van der Waals surface area contributed by atoms with Crippen molar-refractivity contribution in [3.05, 3.63) is 22.8 Å². The highest BCUT2D eigenvalue weighted by molar-refractivity contribution is 5.89. The fraction of sp³-hybridized carbons (Fsp3) is 0.667. The van der Waals surface area contributed by atoms with E-state index in [0.717, 1.165) is 19.3 Å². The zero-order valence-corrected chi connectivity index (χ0v) is 11.2. The first-order valence-electron chi connectivity index (χ1n) is 6.52. The van der Waals surface area contributed by atoms with Crippen LogP contribution < -0.4 is 0 Å². The highest BCUT2D eigenvalue weighted by Gasteiger charge is 2.45. The summed E-state index contributed by atoms with van der Waals surface area (Å²) in [6, 6.07) is 0. The quantitative estimate of drug-likeness (QED) is 0.583. The van der Waals surface area contributed by atoms with E-state index in [2.05, 4.69) is 13.0 Å². The van der Waals surface area contributed by atoms with E-state index in [4.69, 9.17) is 0 Å². The smallest absolute Gasteiger partial charge is 0.332 e. The number of hydrogen-bond acceptors (Lipinski definition) is 1. The molecule has 0 heterocycles. The zero-order chi connectivity index (χ0) is 12.8. The molecule has 1 fully saturated rings. The van der Waals surface area contributed by atoms with E-state index in [1.807, 2.05) is 20.8 Å². The Kier molecular flexibility index (Phi) is 2.92. The van der Waals surface area contributed by atoms with E-state index < -0.39 is 5.97 Å². The van der Waals surface area contributed by atoms with Crippen molar-refractivity contribution in [2.45, 2.75) is 47.0 Å². The molecule has 0 saturated heterocycles. The Balaban J connectivity index is 2.39. The van der Waals surface area contributed by atoms with Crippen molar-refractivity contribution < 1.29 is 9.90 Å². The average molecular weight is 234 g/mol. The molecule has 94 valence electrons. The molecule has 1 saturated carbocycles. The Morgan fingerprint density at radius 2 is 2.12 bits per heavy atom. The van der Waals surface area contributed by atoms with Crippen LogP contribution in [-0.4, -0.2) is 11.1 Å². The predicted octanol–water partition coefficient (Wildman–Crippen LogP) is 3.79. The molecule has 2 rings (SSSR count). The molecular weight excluding hydrogens is 212 g/mol. The van der Waals surface area contributed by atoms with Crippen molar-refractivity contribution in [2.75, 3.05) is 0 Å². The predicted molar refractivity (Wildman–Crippen MR) is 68.7 cm³/mol. The second kappa shape index (κ2) is 4.01. The molecule has 2 aliphatic rings. The Labute approximate surface area is 103 Å². The van der Waals surface area contributed by atoms with E-state index in [9.17, 15) is 9.90 Å². The number of carbonyl (C=O) groups is 1. The summed E-state index contributed by atoms with van der Waals surface area (Å²) in [6.07, 6.45) is 5.52. The van der Waals surface area contributed by atoms with Gasteiger partial charge in [-0.3, -0.25) is 0 Å². The van der Waals surface area contributed by atoms with Crippen molar-refractivity contribution in [1.82, 2.24) is 0 Å². The van der Waals surface area contributed by atoms with Crippen molar-refractivity contribution in [3.63, 3.8) is 0 Å². The molecule has 2 aliphatic carbocycles. The fourth-order valence-corrected chi connectivity index (χ4v) is 3.39. The van der Waals surface area contributed by atoms with Crippen LogP contribution in [0.3, 0.4) is 0 Å². The third kappa shape index (κ3) is 1.94. The summed E-state index contributed by atoms with van der Waals surface area (Å²) in [5.74, 6) is 0.412. The van der Waals surface area contributed by atoms with E-state index in [1.54, 1.807) is 0 Å². The van der Waals surface area contributed by atoms with Crippen molar-refractivity contribution in [3.8, 4) is 0 Å². The van der Waals surface area contributed by atoms with Gasteiger partial charge in [0.05, 0.1) is 0 Å². The van der Waals surface area contributed by atoms with Gasteiger partial charge in [-0.2, -0.15) is 0 Å². The van der Waals surface area contributed by atoms with Gasteiger partial charge in [-0.05, 0) is 30.6 Å². The first kappa shape index (κ1) is 12.4. The van der Waals surface area contributed by atoms with E-state index in [-0.39, 0.29) is 5.41 Å². The number of aliphatic carboxylic acids is 1. The molecule has 0 bridgehead atoms. The lowest BCUT2D eigenvalue weighted by Gasteiger charge is -2.40. The normalized spacial score (nSPS) is 30.5. The number of allylic oxidation sites excluding steroid dienone is 3. The maximum atomic E-state index is 11.5. The molecule has 2 heteroatoms. The van der Waals surface area contributed by atoms with Crippen LogP contribution in [0.2, 0.25) is 0 Å². The average Bonchev–Trinajstić information content (AvgIpc) is 2.48. The standard InChI is InChI=1S/C15H22O2/c1-5-9-6-7-10-8-11(12(9)10)13(14(16)17)15(2,3)4/h6,10,12H,5,7-8H2,1-4H3,(H,16,17)/b13-11-/t10-,12-/m0/s1.